The first kappa shape index (κ1) is 17.2. The molecule has 25 heavy (non-hydrogen) atoms. The van der Waals surface area contributed by atoms with Crippen LogP contribution in [0.2, 0.25) is 0 Å². The zero-order chi connectivity index (χ0) is 17.5. The van der Waals surface area contributed by atoms with Crippen molar-refractivity contribution in [1.82, 2.24) is 14.9 Å². The lowest BCUT2D eigenvalue weighted by Gasteiger charge is -2.09. The van der Waals surface area contributed by atoms with Crippen LogP contribution in [0.3, 0.4) is 0 Å². The molecule has 0 spiro atoms. The van der Waals surface area contributed by atoms with E-state index in [0.29, 0.717) is 6.61 Å². The van der Waals surface area contributed by atoms with Crippen molar-refractivity contribution < 1.29 is 4.74 Å². The fraction of sp³-hybridized carbons (Fsp3) is 0.211. The van der Waals surface area contributed by atoms with Crippen LogP contribution in [0.15, 0.2) is 64.9 Å². The van der Waals surface area contributed by atoms with Gasteiger partial charge in [-0.15, -0.1) is 10.2 Å². The molecule has 0 aliphatic carbocycles. The lowest BCUT2D eigenvalue weighted by molar-refractivity contribution is 0.306. The molecule has 0 saturated heterocycles. The van der Waals surface area contributed by atoms with E-state index in [4.69, 9.17) is 4.74 Å². The van der Waals surface area contributed by atoms with Gasteiger partial charge in [-0.3, -0.25) is 0 Å². The standard InChI is InChI=1S/C19H20N4OS/c1-3-18-21-22-19(25-2)23(18)20-13-16-11-7-8-12-17(16)24-14-15-9-5-4-6-10-15/h4-13H,3,14H2,1-2H3/b20-13-. The van der Waals surface area contributed by atoms with Crippen molar-refractivity contribution in [3.8, 4) is 5.75 Å². The molecule has 2 aromatic carbocycles. The van der Waals surface area contributed by atoms with Gasteiger partial charge in [0.25, 0.3) is 0 Å². The summed E-state index contributed by atoms with van der Waals surface area (Å²) in [6, 6.07) is 18.0. The molecule has 1 aromatic heterocycles. The highest BCUT2D eigenvalue weighted by Crippen LogP contribution is 2.19. The van der Waals surface area contributed by atoms with Gasteiger partial charge in [-0.25, -0.2) is 0 Å². The molecule has 3 rings (SSSR count). The molecule has 3 aromatic rings. The number of benzene rings is 2. The van der Waals surface area contributed by atoms with Crippen LogP contribution in [0.5, 0.6) is 5.75 Å². The molecular weight excluding hydrogens is 332 g/mol. The highest BCUT2D eigenvalue weighted by atomic mass is 32.2. The predicted molar refractivity (Wildman–Crippen MR) is 101 cm³/mol. The largest absolute Gasteiger partial charge is 0.488 e. The zero-order valence-corrected chi connectivity index (χ0v) is 15.1. The van der Waals surface area contributed by atoms with Crippen molar-refractivity contribution in [2.45, 2.75) is 25.1 Å². The van der Waals surface area contributed by atoms with E-state index in [1.165, 1.54) is 11.8 Å². The van der Waals surface area contributed by atoms with Crippen LogP contribution < -0.4 is 4.74 Å². The first-order valence-electron chi connectivity index (χ1n) is 8.10. The Kier molecular flexibility index (Phi) is 5.85. The van der Waals surface area contributed by atoms with Crippen LogP contribution in [-0.2, 0) is 13.0 Å². The summed E-state index contributed by atoms with van der Waals surface area (Å²) in [5.41, 5.74) is 2.05. The Hall–Kier alpha value is -2.60. The summed E-state index contributed by atoms with van der Waals surface area (Å²) < 4.78 is 7.75. The number of rotatable bonds is 7. The van der Waals surface area contributed by atoms with Gasteiger partial charge in [-0.1, -0.05) is 61.2 Å². The summed E-state index contributed by atoms with van der Waals surface area (Å²) in [6.07, 6.45) is 4.53. The second-order valence-corrected chi connectivity index (χ2v) is 6.10. The fourth-order valence-electron chi connectivity index (χ4n) is 2.33. The number of ether oxygens (including phenoxy) is 1. The summed E-state index contributed by atoms with van der Waals surface area (Å²) in [5, 5.41) is 13.6. The molecule has 0 amide bonds. The molecule has 0 saturated carbocycles. The Bertz CT molecular complexity index is 824. The third-order valence-electron chi connectivity index (χ3n) is 3.64. The van der Waals surface area contributed by atoms with Crippen molar-refractivity contribution >= 4 is 18.0 Å². The van der Waals surface area contributed by atoms with E-state index >= 15 is 0 Å². The minimum absolute atomic E-state index is 0.522. The zero-order valence-electron chi connectivity index (χ0n) is 14.3. The molecule has 0 aliphatic rings. The maximum Gasteiger partial charge on any atom is 0.211 e. The van der Waals surface area contributed by atoms with Gasteiger partial charge in [-0.05, 0) is 24.0 Å². The number of aromatic nitrogens is 3. The van der Waals surface area contributed by atoms with Crippen LogP contribution in [-0.4, -0.2) is 27.3 Å². The molecule has 6 heteroatoms. The van der Waals surface area contributed by atoms with Crippen molar-refractivity contribution in [3.63, 3.8) is 0 Å². The summed E-state index contributed by atoms with van der Waals surface area (Å²) in [6.45, 7) is 2.56. The van der Waals surface area contributed by atoms with Crippen molar-refractivity contribution in [1.29, 1.82) is 0 Å². The minimum Gasteiger partial charge on any atom is -0.488 e. The van der Waals surface area contributed by atoms with E-state index in [9.17, 15) is 0 Å². The SMILES string of the molecule is CCc1nnc(SC)n1/N=C\c1ccccc1OCc1ccccc1. The van der Waals surface area contributed by atoms with E-state index < -0.39 is 0 Å². The molecular formula is C19H20N4OS. The molecule has 5 nitrogen and oxygen atoms in total. The third kappa shape index (κ3) is 4.28. The number of thioether (sulfide) groups is 1. The smallest absolute Gasteiger partial charge is 0.211 e. The minimum atomic E-state index is 0.522. The van der Waals surface area contributed by atoms with E-state index in [2.05, 4.69) is 15.3 Å². The maximum absolute atomic E-state index is 5.97. The molecule has 0 bridgehead atoms. The maximum atomic E-state index is 5.97. The summed E-state index contributed by atoms with van der Waals surface area (Å²) >= 11 is 1.52. The van der Waals surface area contributed by atoms with Gasteiger partial charge in [-0.2, -0.15) is 9.78 Å². The number of aryl methyl sites for hydroxylation is 1. The Labute approximate surface area is 151 Å². The highest BCUT2D eigenvalue weighted by Gasteiger charge is 2.09. The van der Waals surface area contributed by atoms with Gasteiger partial charge in [0.1, 0.15) is 12.4 Å². The molecule has 0 fully saturated rings. The Morgan fingerprint density at radius 2 is 1.84 bits per heavy atom. The van der Waals surface area contributed by atoms with Crippen molar-refractivity contribution in [2.24, 2.45) is 5.10 Å². The second-order valence-electron chi connectivity index (χ2n) is 5.32. The van der Waals surface area contributed by atoms with Crippen molar-refractivity contribution in [2.75, 3.05) is 6.26 Å². The average molecular weight is 352 g/mol. The molecule has 0 radical (unpaired) electrons. The van der Waals surface area contributed by atoms with Crippen LogP contribution in [0.1, 0.15) is 23.9 Å². The van der Waals surface area contributed by atoms with Crippen LogP contribution in [0.25, 0.3) is 0 Å². The van der Waals surface area contributed by atoms with E-state index in [-0.39, 0.29) is 0 Å². The number of para-hydroxylation sites is 1. The van der Waals surface area contributed by atoms with Gasteiger partial charge in [0.2, 0.25) is 5.16 Å². The first-order chi connectivity index (χ1) is 12.3. The van der Waals surface area contributed by atoms with E-state index in [0.717, 1.165) is 34.3 Å². The summed E-state index contributed by atoms with van der Waals surface area (Å²) in [7, 11) is 0. The van der Waals surface area contributed by atoms with Gasteiger partial charge < -0.3 is 4.74 Å². The first-order valence-corrected chi connectivity index (χ1v) is 9.32. The molecule has 0 unspecified atom stereocenters. The predicted octanol–water partition coefficient (Wildman–Crippen LogP) is 4.02. The molecule has 0 N–H and O–H groups in total. The van der Waals surface area contributed by atoms with Gasteiger partial charge in [0, 0.05) is 12.0 Å². The van der Waals surface area contributed by atoms with Crippen LogP contribution >= 0.6 is 11.8 Å². The summed E-state index contributed by atoms with van der Waals surface area (Å²) in [5.74, 6) is 1.63. The summed E-state index contributed by atoms with van der Waals surface area (Å²) in [4.78, 5) is 0. The Morgan fingerprint density at radius 1 is 1.08 bits per heavy atom. The quantitative estimate of drug-likeness (QED) is 0.476. The average Bonchev–Trinajstić information content (AvgIpc) is 3.08. The molecule has 0 aliphatic heterocycles. The number of nitrogens with zero attached hydrogens (tertiary/aromatic N) is 4. The monoisotopic (exact) mass is 352 g/mol. The third-order valence-corrected chi connectivity index (χ3v) is 4.26. The molecule has 128 valence electrons. The van der Waals surface area contributed by atoms with Gasteiger partial charge in [0.05, 0.1) is 6.21 Å². The molecule has 0 atom stereocenters. The molecule has 1 heterocycles. The lowest BCUT2D eigenvalue weighted by Crippen LogP contribution is -2.01. The van der Waals surface area contributed by atoms with E-state index in [1.807, 2.05) is 67.8 Å². The highest BCUT2D eigenvalue weighted by molar-refractivity contribution is 7.98. The number of hydrogen-bond donors (Lipinski definition) is 0. The Morgan fingerprint density at radius 3 is 2.60 bits per heavy atom. The van der Waals surface area contributed by atoms with Gasteiger partial charge in [0.15, 0.2) is 5.82 Å². The van der Waals surface area contributed by atoms with Crippen molar-refractivity contribution in [3.05, 3.63) is 71.5 Å². The fourth-order valence-corrected chi connectivity index (χ4v) is 2.78. The van der Waals surface area contributed by atoms with Crippen LogP contribution in [0, 0.1) is 0 Å². The normalized spacial score (nSPS) is 11.1. The second kappa shape index (κ2) is 8.48. The topological polar surface area (TPSA) is 52.3 Å². The van der Waals surface area contributed by atoms with E-state index in [1.54, 1.807) is 10.9 Å². The Balaban J connectivity index is 1.80. The van der Waals surface area contributed by atoms with Crippen LogP contribution in [0.4, 0.5) is 0 Å². The number of hydrogen-bond acceptors (Lipinski definition) is 5. The van der Waals surface area contributed by atoms with Gasteiger partial charge >= 0.3 is 0 Å². The lowest BCUT2D eigenvalue weighted by atomic mass is 10.2.